The second-order valence-electron chi connectivity index (χ2n) is 3.60. The molecular weight excluding hydrogens is 277 g/mol. The molecule has 19 heavy (non-hydrogen) atoms. The first-order valence-corrected chi connectivity index (χ1v) is 6.05. The van der Waals surface area contributed by atoms with Gasteiger partial charge < -0.3 is 5.11 Å². The molecule has 100 valence electrons. The van der Waals surface area contributed by atoms with Crippen LogP contribution >= 0.6 is 11.3 Å². The Hall–Kier alpha value is -1.73. The lowest BCUT2D eigenvalue weighted by Gasteiger charge is -2.05. The number of aliphatic hydroxyl groups is 1. The van der Waals surface area contributed by atoms with Crippen LogP contribution in [0.4, 0.5) is 13.2 Å². The Morgan fingerprint density at radius 3 is 2.58 bits per heavy atom. The van der Waals surface area contributed by atoms with Gasteiger partial charge in [-0.05, 0) is 12.1 Å². The zero-order valence-corrected chi connectivity index (χ0v) is 10.4. The molecular formula is C12H9F3N2OS. The summed E-state index contributed by atoms with van der Waals surface area (Å²) in [7, 11) is 0. The van der Waals surface area contributed by atoms with Crippen LogP contribution in [0.5, 0.6) is 0 Å². The smallest absolute Gasteiger partial charge is 0.390 e. The zero-order chi connectivity index (χ0) is 14.0. The van der Waals surface area contributed by atoms with Crippen LogP contribution in [0.2, 0.25) is 0 Å². The maximum absolute atomic E-state index is 12.6. The molecule has 7 heteroatoms. The summed E-state index contributed by atoms with van der Waals surface area (Å²) in [4.78, 5) is 8.23. The summed E-state index contributed by atoms with van der Waals surface area (Å²) >= 11 is 1.14. The molecule has 0 aliphatic heterocycles. The Balaban J connectivity index is 2.47. The molecule has 2 heterocycles. The molecule has 3 nitrogen and oxygen atoms in total. The number of thiazole rings is 1. The molecule has 0 aliphatic rings. The van der Waals surface area contributed by atoms with Crippen LogP contribution in [0, 0.1) is 0 Å². The van der Waals surface area contributed by atoms with Crippen molar-refractivity contribution in [2.24, 2.45) is 0 Å². The van der Waals surface area contributed by atoms with E-state index in [1.54, 1.807) is 0 Å². The quantitative estimate of drug-likeness (QED) is 0.941. The highest BCUT2D eigenvalue weighted by Gasteiger charge is 2.32. The fourth-order valence-electron chi connectivity index (χ4n) is 1.46. The molecule has 0 aliphatic carbocycles. The van der Waals surface area contributed by atoms with Crippen molar-refractivity contribution < 1.29 is 18.3 Å². The van der Waals surface area contributed by atoms with Crippen LogP contribution < -0.4 is 0 Å². The standard InChI is InChI=1S/C12H9F3N2OS/c1-2-9-8(6-18)17-11(19-9)7-4-3-5-10(16-7)12(13,14)15/h2-5,18H,1,6H2. The third kappa shape index (κ3) is 2.82. The molecule has 0 saturated heterocycles. The van der Waals surface area contributed by atoms with Gasteiger partial charge in [0.2, 0.25) is 0 Å². The van der Waals surface area contributed by atoms with Crippen LogP contribution in [0.25, 0.3) is 16.8 Å². The van der Waals surface area contributed by atoms with Gasteiger partial charge in [-0.15, -0.1) is 11.3 Å². The number of aliphatic hydroxyl groups excluding tert-OH is 1. The van der Waals surface area contributed by atoms with Gasteiger partial charge >= 0.3 is 6.18 Å². The molecule has 2 rings (SSSR count). The van der Waals surface area contributed by atoms with Crippen molar-refractivity contribution in [1.82, 2.24) is 9.97 Å². The second-order valence-corrected chi connectivity index (χ2v) is 4.63. The van der Waals surface area contributed by atoms with E-state index < -0.39 is 11.9 Å². The van der Waals surface area contributed by atoms with Gasteiger partial charge in [-0.2, -0.15) is 13.2 Å². The van der Waals surface area contributed by atoms with Crippen molar-refractivity contribution in [2.75, 3.05) is 0 Å². The summed E-state index contributed by atoms with van der Waals surface area (Å²) in [6.45, 7) is 3.27. The van der Waals surface area contributed by atoms with E-state index in [0.717, 1.165) is 17.4 Å². The SMILES string of the molecule is C=Cc1sc(-c2cccc(C(F)(F)F)n2)nc1CO. The molecule has 2 aromatic rings. The van der Waals surface area contributed by atoms with Crippen molar-refractivity contribution in [3.8, 4) is 10.7 Å². The van der Waals surface area contributed by atoms with E-state index in [1.165, 1.54) is 18.2 Å². The maximum Gasteiger partial charge on any atom is 0.433 e. The number of halogens is 3. The van der Waals surface area contributed by atoms with E-state index in [1.807, 2.05) is 0 Å². The van der Waals surface area contributed by atoms with Crippen molar-refractivity contribution in [1.29, 1.82) is 0 Å². The van der Waals surface area contributed by atoms with Crippen LogP contribution in [0.1, 0.15) is 16.3 Å². The predicted molar refractivity (Wildman–Crippen MR) is 66.4 cm³/mol. The first kappa shape index (κ1) is 13.7. The van der Waals surface area contributed by atoms with E-state index in [4.69, 9.17) is 5.11 Å². The summed E-state index contributed by atoms with van der Waals surface area (Å²) in [5.74, 6) is 0. The van der Waals surface area contributed by atoms with Gasteiger partial charge in [0.15, 0.2) is 0 Å². The van der Waals surface area contributed by atoms with Crippen LogP contribution in [0.3, 0.4) is 0 Å². The Kier molecular flexibility index (Phi) is 3.68. The van der Waals surface area contributed by atoms with Gasteiger partial charge in [0.25, 0.3) is 0 Å². The number of nitrogens with zero attached hydrogens (tertiary/aromatic N) is 2. The Morgan fingerprint density at radius 2 is 2.05 bits per heavy atom. The van der Waals surface area contributed by atoms with E-state index in [9.17, 15) is 13.2 Å². The summed E-state index contributed by atoms with van der Waals surface area (Å²) in [5, 5.41) is 9.41. The van der Waals surface area contributed by atoms with Crippen molar-refractivity contribution in [3.05, 3.63) is 41.0 Å². The van der Waals surface area contributed by atoms with Crippen LogP contribution in [-0.2, 0) is 12.8 Å². The Labute approximate surface area is 111 Å². The number of pyridine rings is 1. The van der Waals surface area contributed by atoms with Gasteiger partial charge in [-0.1, -0.05) is 18.7 Å². The lowest BCUT2D eigenvalue weighted by molar-refractivity contribution is -0.141. The number of hydrogen-bond acceptors (Lipinski definition) is 4. The molecule has 0 amide bonds. The van der Waals surface area contributed by atoms with Gasteiger partial charge in [0.05, 0.1) is 22.9 Å². The minimum absolute atomic E-state index is 0.127. The highest BCUT2D eigenvalue weighted by Crippen LogP contribution is 2.32. The molecule has 0 spiro atoms. The summed E-state index contributed by atoms with van der Waals surface area (Å²) < 4.78 is 37.7. The number of alkyl halides is 3. The minimum atomic E-state index is -4.49. The number of hydrogen-bond donors (Lipinski definition) is 1. The fraction of sp³-hybridized carbons (Fsp3) is 0.167. The average Bonchev–Trinajstić information content (AvgIpc) is 2.81. The molecule has 2 aromatic heterocycles. The van der Waals surface area contributed by atoms with E-state index >= 15 is 0 Å². The van der Waals surface area contributed by atoms with Crippen LogP contribution in [-0.4, -0.2) is 15.1 Å². The van der Waals surface area contributed by atoms with Gasteiger partial charge in [0.1, 0.15) is 10.7 Å². The monoisotopic (exact) mass is 286 g/mol. The van der Waals surface area contributed by atoms with Crippen molar-refractivity contribution in [3.63, 3.8) is 0 Å². The molecule has 0 fully saturated rings. The Morgan fingerprint density at radius 1 is 1.32 bits per heavy atom. The molecule has 0 bridgehead atoms. The number of aromatic nitrogens is 2. The first-order valence-electron chi connectivity index (χ1n) is 5.23. The topological polar surface area (TPSA) is 46.0 Å². The highest BCUT2D eigenvalue weighted by atomic mass is 32.1. The summed E-state index contributed by atoms with van der Waals surface area (Å²) in [6.07, 6.45) is -2.99. The van der Waals surface area contributed by atoms with E-state index in [0.29, 0.717) is 15.6 Å². The minimum Gasteiger partial charge on any atom is -0.390 e. The van der Waals surface area contributed by atoms with Crippen LogP contribution in [0.15, 0.2) is 24.8 Å². The van der Waals surface area contributed by atoms with Gasteiger partial charge in [-0.25, -0.2) is 9.97 Å². The number of rotatable bonds is 3. The molecule has 1 N–H and O–H groups in total. The Bertz CT molecular complexity index is 607. The molecule has 0 aromatic carbocycles. The van der Waals surface area contributed by atoms with E-state index in [-0.39, 0.29) is 12.3 Å². The predicted octanol–water partition coefficient (Wildman–Crippen LogP) is 3.36. The second kappa shape index (κ2) is 5.10. The first-order chi connectivity index (χ1) is 8.95. The highest BCUT2D eigenvalue weighted by molar-refractivity contribution is 7.16. The van der Waals surface area contributed by atoms with Gasteiger partial charge in [0, 0.05) is 0 Å². The lowest BCUT2D eigenvalue weighted by atomic mass is 10.3. The summed E-state index contributed by atoms with van der Waals surface area (Å²) in [5.41, 5.74) is -0.456. The summed E-state index contributed by atoms with van der Waals surface area (Å²) in [6, 6.07) is 3.62. The van der Waals surface area contributed by atoms with Gasteiger partial charge in [-0.3, -0.25) is 0 Å². The third-order valence-electron chi connectivity index (χ3n) is 2.32. The molecule has 0 saturated carbocycles. The molecule has 0 atom stereocenters. The van der Waals surface area contributed by atoms with E-state index in [2.05, 4.69) is 16.5 Å². The van der Waals surface area contributed by atoms with Crippen molar-refractivity contribution >= 4 is 17.4 Å². The maximum atomic E-state index is 12.6. The lowest BCUT2D eigenvalue weighted by Crippen LogP contribution is -2.07. The van der Waals surface area contributed by atoms with Crippen molar-refractivity contribution in [2.45, 2.75) is 12.8 Å². The molecule has 0 radical (unpaired) electrons. The molecule has 0 unspecified atom stereocenters. The zero-order valence-electron chi connectivity index (χ0n) is 9.61. The normalized spacial score (nSPS) is 11.6. The third-order valence-corrected chi connectivity index (χ3v) is 3.44. The largest absolute Gasteiger partial charge is 0.433 e. The average molecular weight is 286 g/mol. The fourth-order valence-corrected chi connectivity index (χ4v) is 2.35.